The Labute approximate surface area is 82.3 Å². The maximum Gasteiger partial charge on any atom is 0.297 e. The largest absolute Gasteiger partial charge is 0.306 e. The first-order chi connectivity index (χ1) is 6.24. The molecule has 2 rings (SSSR count). The van der Waals surface area contributed by atoms with Crippen LogP contribution in [0.4, 0.5) is 8.78 Å². The highest BCUT2D eigenvalue weighted by atomic mass is 79.9. The second kappa shape index (κ2) is 3.32. The number of nitrogens with zero attached hydrogens (tertiary/aromatic N) is 3. The predicted molar refractivity (Wildman–Crippen MR) is 45.9 cm³/mol. The van der Waals surface area contributed by atoms with Crippen LogP contribution in [0.2, 0.25) is 0 Å². The maximum absolute atomic E-state index is 12.4. The molecule has 0 aromatic carbocycles. The van der Waals surface area contributed by atoms with Gasteiger partial charge in [-0.1, -0.05) is 15.9 Å². The van der Waals surface area contributed by atoms with Gasteiger partial charge in [0.05, 0.1) is 5.33 Å². The average Bonchev–Trinajstić information content (AvgIpc) is 2.84. The third-order valence-electron chi connectivity index (χ3n) is 2.02. The van der Waals surface area contributed by atoms with E-state index in [0.717, 1.165) is 12.8 Å². The van der Waals surface area contributed by atoms with Crippen molar-refractivity contribution in [3.63, 3.8) is 0 Å². The molecule has 1 heterocycles. The monoisotopic (exact) mass is 251 g/mol. The third-order valence-corrected chi connectivity index (χ3v) is 2.52. The van der Waals surface area contributed by atoms with Crippen molar-refractivity contribution in [2.24, 2.45) is 0 Å². The molecule has 1 fully saturated rings. The summed E-state index contributed by atoms with van der Waals surface area (Å²) in [6.07, 6.45) is -0.615. The Morgan fingerprint density at radius 3 is 2.62 bits per heavy atom. The zero-order chi connectivity index (χ0) is 9.42. The molecule has 6 heteroatoms. The van der Waals surface area contributed by atoms with E-state index in [1.54, 1.807) is 4.57 Å². The zero-order valence-electron chi connectivity index (χ0n) is 6.75. The van der Waals surface area contributed by atoms with Gasteiger partial charge in [-0.3, -0.25) is 0 Å². The Balaban J connectivity index is 2.38. The van der Waals surface area contributed by atoms with Crippen LogP contribution >= 0.6 is 15.9 Å². The fourth-order valence-electron chi connectivity index (χ4n) is 1.31. The van der Waals surface area contributed by atoms with E-state index in [1.807, 2.05) is 0 Å². The summed E-state index contributed by atoms with van der Waals surface area (Å²) < 4.78 is 26.4. The fourth-order valence-corrected chi connectivity index (χ4v) is 1.69. The number of hydrogen-bond donors (Lipinski definition) is 0. The van der Waals surface area contributed by atoms with Gasteiger partial charge in [-0.05, 0) is 12.8 Å². The molecule has 0 aliphatic heterocycles. The summed E-state index contributed by atoms with van der Waals surface area (Å²) in [7, 11) is 0. The summed E-state index contributed by atoms with van der Waals surface area (Å²) in [6.45, 7) is 0. The highest BCUT2D eigenvalue weighted by Gasteiger charge is 2.31. The average molecular weight is 252 g/mol. The molecular formula is C7H8BrF2N3. The van der Waals surface area contributed by atoms with E-state index in [2.05, 4.69) is 26.1 Å². The highest BCUT2D eigenvalue weighted by Crippen LogP contribution is 2.38. The third kappa shape index (κ3) is 1.59. The van der Waals surface area contributed by atoms with Crippen LogP contribution in [0.3, 0.4) is 0 Å². The lowest BCUT2D eigenvalue weighted by Gasteiger charge is -2.05. The van der Waals surface area contributed by atoms with Gasteiger partial charge in [0.1, 0.15) is 5.82 Å². The van der Waals surface area contributed by atoms with Gasteiger partial charge >= 0.3 is 0 Å². The van der Waals surface area contributed by atoms with E-state index in [0.29, 0.717) is 11.2 Å². The SMILES string of the molecule is FC(F)c1nnc(CBr)n1C1CC1. The zero-order valence-corrected chi connectivity index (χ0v) is 8.34. The van der Waals surface area contributed by atoms with Gasteiger partial charge in [0.15, 0.2) is 0 Å². The van der Waals surface area contributed by atoms with Crippen LogP contribution in [0.5, 0.6) is 0 Å². The number of halogens is 3. The second-order valence-electron chi connectivity index (χ2n) is 3.01. The number of rotatable bonds is 3. The fraction of sp³-hybridized carbons (Fsp3) is 0.714. The Bertz CT molecular complexity index is 309. The molecule has 0 radical (unpaired) electrons. The van der Waals surface area contributed by atoms with Gasteiger partial charge < -0.3 is 4.57 Å². The van der Waals surface area contributed by atoms with Crippen molar-refractivity contribution in [1.29, 1.82) is 0 Å². The van der Waals surface area contributed by atoms with Gasteiger partial charge in [0.25, 0.3) is 6.43 Å². The molecule has 0 unspecified atom stereocenters. The van der Waals surface area contributed by atoms with Gasteiger partial charge in [-0.15, -0.1) is 10.2 Å². The van der Waals surface area contributed by atoms with Crippen molar-refractivity contribution < 1.29 is 8.78 Å². The first kappa shape index (κ1) is 9.05. The van der Waals surface area contributed by atoms with E-state index in [9.17, 15) is 8.78 Å². The normalized spacial score (nSPS) is 16.9. The standard InChI is InChI=1S/C7H8BrF2N3/c8-3-5-11-12-7(6(9)10)13(5)4-1-2-4/h4,6H,1-3H2. The van der Waals surface area contributed by atoms with Crippen LogP contribution in [-0.4, -0.2) is 14.8 Å². The van der Waals surface area contributed by atoms with Crippen molar-refractivity contribution in [2.45, 2.75) is 30.6 Å². The smallest absolute Gasteiger partial charge is 0.297 e. The molecule has 3 nitrogen and oxygen atoms in total. The Kier molecular flexibility index (Phi) is 2.31. The van der Waals surface area contributed by atoms with Gasteiger partial charge in [-0.25, -0.2) is 8.78 Å². The lowest BCUT2D eigenvalue weighted by Crippen LogP contribution is -2.05. The molecule has 0 atom stereocenters. The number of alkyl halides is 3. The molecule has 0 spiro atoms. The molecule has 0 N–H and O–H groups in total. The number of hydrogen-bond acceptors (Lipinski definition) is 2. The molecule has 13 heavy (non-hydrogen) atoms. The van der Waals surface area contributed by atoms with Crippen LogP contribution < -0.4 is 0 Å². The van der Waals surface area contributed by atoms with E-state index in [1.165, 1.54) is 0 Å². The minimum atomic E-state index is -2.53. The van der Waals surface area contributed by atoms with Crippen LogP contribution in [0.15, 0.2) is 0 Å². The topological polar surface area (TPSA) is 30.7 Å². The van der Waals surface area contributed by atoms with Crippen LogP contribution in [0.1, 0.15) is 37.0 Å². The molecule has 1 saturated carbocycles. The molecule has 0 amide bonds. The molecule has 0 bridgehead atoms. The molecule has 1 aliphatic carbocycles. The summed E-state index contributed by atoms with van der Waals surface area (Å²) in [5.41, 5.74) is 0. The van der Waals surface area contributed by atoms with Crippen molar-refractivity contribution >= 4 is 15.9 Å². The summed E-state index contributed by atoms with van der Waals surface area (Å²) in [6, 6.07) is 0.201. The van der Waals surface area contributed by atoms with Crippen LogP contribution in [-0.2, 0) is 5.33 Å². The molecular weight excluding hydrogens is 244 g/mol. The van der Waals surface area contributed by atoms with E-state index in [-0.39, 0.29) is 11.9 Å². The van der Waals surface area contributed by atoms with Crippen LogP contribution in [0.25, 0.3) is 0 Å². The minimum absolute atomic E-state index is 0.197. The maximum atomic E-state index is 12.4. The molecule has 1 aromatic heterocycles. The second-order valence-corrected chi connectivity index (χ2v) is 3.57. The Hall–Kier alpha value is -0.520. The molecule has 1 aliphatic rings. The van der Waals surface area contributed by atoms with Gasteiger partial charge in [0, 0.05) is 6.04 Å². The molecule has 0 saturated heterocycles. The molecule has 72 valence electrons. The quantitative estimate of drug-likeness (QED) is 0.773. The summed E-state index contributed by atoms with van der Waals surface area (Å²) in [5, 5.41) is 7.66. The van der Waals surface area contributed by atoms with E-state index < -0.39 is 6.43 Å². The van der Waals surface area contributed by atoms with Crippen molar-refractivity contribution in [2.75, 3.05) is 0 Å². The summed E-state index contributed by atoms with van der Waals surface area (Å²) >= 11 is 3.20. The lowest BCUT2D eigenvalue weighted by molar-refractivity contribution is 0.134. The molecule has 1 aromatic rings. The van der Waals surface area contributed by atoms with Gasteiger partial charge in [0.2, 0.25) is 5.82 Å². The van der Waals surface area contributed by atoms with E-state index in [4.69, 9.17) is 0 Å². The summed E-state index contributed by atoms with van der Waals surface area (Å²) in [4.78, 5) is 0. The van der Waals surface area contributed by atoms with Crippen molar-refractivity contribution in [1.82, 2.24) is 14.8 Å². The van der Waals surface area contributed by atoms with Gasteiger partial charge in [-0.2, -0.15) is 0 Å². The minimum Gasteiger partial charge on any atom is -0.306 e. The Morgan fingerprint density at radius 2 is 2.15 bits per heavy atom. The van der Waals surface area contributed by atoms with E-state index >= 15 is 0 Å². The van der Waals surface area contributed by atoms with Crippen LogP contribution in [0, 0.1) is 0 Å². The predicted octanol–water partition coefficient (Wildman–Crippen LogP) is 2.45. The lowest BCUT2D eigenvalue weighted by atomic mass is 10.5. The Morgan fingerprint density at radius 1 is 1.46 bits per heavy atom. The van der Waals surface area contributed by atoms with Crippen molar-refractivity contribution in [3.8, 4) is 0 Å². The number of aromatic nitrogens is 3. The first-order valence-electron chi connectivity index (χ1n) is 4.02. The van der Waals surface area contributed by atoms with Crippen molar-refractivity contribution in [3.05, 3.63) is 11.6 Å². The highest BCUT2D eigenvalue weighted by molar-refractivity contribution is 9.08. The summed E-state index contributed by atoms with van der Waals surface area (Å²) in [5.74, 6) is 0.398. The first-order valence-corrected chi connectivity index (χ1v) is 5.14.